The number of benzene rings is 2. The van der Waals surface area contributed by atoms with Crippen molar-refractivity contribution >= 4 is 16.1 Å². The Labute approximate surface area is 188 Å². The lowest BCUT2D eigenvalue weighted by molar-refractivity contribution is 0.0443. The number of piperidine rings is 1. The van der Waals surface area contributed by atoms with E-state index >= 15 is 0 Å². The molecule has 0 spiro atoms. The minimum Gasteiger partial charge on any atom is -0.446 e. The number of amides is 1. The van der Waals surface area contributed by atoms with Crippen LogP contribution >= 0.6 is 0 Å². The molecule has 1 heterocycles. The van der Waals surface area contributed by atoms with Gasteiger partial charge in [0.25, 0.3) is 0 Å². The number of nitrogens with zero attached hydrogens (tertiary/aromatic N) is 1. The highest BCUT2D eigenvalue weighted by molar-refractivity contribution is 7.88. The number of hydrogen-bond acceptors (Lipinski definition) is 4. The molecule has 1 amide bonds. The van der Waals surface area contributed by atoms with Crippen molar-refractivity contribution in [2.75, 3.05) is 19.4 Å². The number of nitrogens with one attached hydrogen (secondary N) is 1. The molecular weight excluding hydrogens is 431 g/mol. The first-order chi connectivity index (χ1) is 15.2. The molecule has 6 nitrogen and oxygen atoms in total. The Hall–Kier alpha value is -2.45. The average molecular weight is 461 g/mol. The number of alkyl halides is 1. The van der Waals surface area contributed by atoms with Crippen LogP contribution in [0.5, 0.6) is 0 Å². The van der Waals surface area contributed by atoms with E-state index in [1.807, 2.05) is 48.5 Å². The Morgan fingerprint density at radius 2 is 1.88 bits per heavy atom. The van der Waals surface area contributed by atoms with Crippen LogP contribution in [-0.2, 0) is 21.2 Å². The summed E-state index contributed by atoms with van der Waals surface area (Å²) in [7, 11) is -3.46. The maximum Gasteiger partial charge on any atom is 0.410 e. The standard InChI is InChI=1S/C24H29FN2O4S/c1-32(29,30)26-21-11-6-14-27(23(28)31-17-24(25)12-13-24)22(21)16-18-7-5-10-20(15-18)19-8-3-2-4-9-19/h2-5,7-10,15,21-22,26H,6,11-14,16-17H2,1H3. The summed E-state index contributed by atoms with van der Waals surface area (Å²) in [6.07, 6.45) is 3.08. The topological polar surface area (TPSA) is 75.7 Å². The first-order valence-corrected chi connectivity index (χ1v) is 12.9. The van der Waals surface area contributed by atoms with E-state index in [1.165, 1.54) is 0 Å². The van der Waals surface area contributed by atoms with Crippen LogP contribution in [0.1, 0.15) is 31.2 Å². The molecule has 2 aromatic carbocycles. The van der Waals surface area contributed by atoms with Crippen molar-refractivity contribution in [1.29, 1.82) is 0 Å². The van der Waals surface area contributed by atoms with Gasteiger partial charge in [0, 0.05) is 12.6 Å². The van der Waals surface area contributed by atoms with Gasteiger partial charge in [0.1, 0.15) is 12.3 Å². The first-order valence-electron chi connectivity index (χ1n) is 11.0. The second kappa shape index (κ2) is 9.19. The Morgan fingerprint density at radius 1 is 1.16 bits per heavy atom. The van der Waals surface area contributed by atoms with Gasteiger partial charge in [0.2, 0.25) is 10.0 Å². The van der Waals surface area contributed by atoms with Crippen molar-refractivity contribution < 1.29 is 22.3 Å². The zero-order valence-corrected chi connectivity index (χ0v) is 19.0. The smallest absolute Gasteiger partial charge is 0.410 e. The van der Waals surface area contributed by atoms with Gasteiger partial charge in [-0.25, -0.2) is 22.3 Å². The molecule has 4 rings (SSSR count). The summed E-state index contributed by atoms with van der Waals surface area (Å²) in [5, 5.41) is 0. The number of likely N-dealkylation sites (tertiary alicyclic amines) is 1. The molecule has 1 saturated heterocycles. The van der Waals surface area contributed by atoms with Crippen molar-refractivity contribution in [3.63, 3.8) is 0 Å². The molecule has 32 heavy (non-hydrogen) atoms. The molecule has 2 atom stereocenters. The molecular formula is C24H29FN2O4S. The maximum absolute atomic E-state index is 14.0. The minimum atomic E-state index is -3.46. The molecule has 0 radical (unpaired) electrons. The average Bonchev–Trinajstić information content (AvgIpc) is 3.50. The number of carbonyl (C=O) groups excluding carboxylic acids is 1. The van der Waals surface area contributed by atoms with Crippen LogP contribution in [0.3, 0.4) is 0 Å². The third kappa shape index (κ3) is 5.86. The fourth-order valence-corrected chi connectivity index (χ4v) is 5.08. The number of carbonyl (C=O) groups is 1. The number of ether oxygens (including phenoxy) is 1. The summed E-state index contributed by atoms with van der Waals surface area (Å²) in [5.41, 5.74) is 1.72. The monoisotopic (exact) mass is 460 g/mol. The van der Waals surface area contributed by atoms with Crippen molar-refractivity contribution in [2.45, 2.75) is 49.9 Å². The Balaban J connectivity index is 1.57. The van der Waals surface area contributed by atoms with E-state index in [9.17, 15) is 17.6 Å². The summed E-state index contributed by atoms with van der Waals surface area (Å²) >= 11 is 0. The second-order valence-corrected chi connectivity index (χ2v) is 10.7. The number of hydrogen-bond donors (Lipinski definition) is 1. The first kappa shape index (κ1) is 22.7. The predicted molar refractivity (Wildman–Crippen MR) is 121 cm³/mol. The molecule has 2 unspecified atom stereocenters. The highest BCUT2D eigenvalue weighted by Crippen LogP contribution is 2.40. The summed E-state index contributed by atoms with van der Waals surface area (Å²) in [4.78, 5) is 14.4. The Kier molecular flexibility index (Phi) is 6.53. The quantitative estimate of drug-likeness (QED) is 0.680. The van der Waals surface area contributed by atoms with Gasteiger partial charge in [-0.2, -0.15) is 0 Å². The predicted octanol–water partition coefficient (Wildman–Crippen LogP) is 3.92. The van der Waals surface area contributed by atoms with Crippen molar-refractivity contribution in [3.8, 4) is 11.1 Å². The molecule has 2 aromatic rings. The van der Waals surface area contributed by atoms with Gasteiger partial charge in [0.15, 0.2) is 0 Å². The van der Waals surface area contributed by atoms with Crippen LogP contribution in [0.25, 0.3) is 11.1 Å². The third-order valence-electron chi connectivity index (χ3n) is 6.10. The van der Waals surface area contributed by atoms with E-state index < -0.39 is 33.9 Å². The summed E-state index contributed by atoms with van der Waals surface area (Å²) < 4.78 is 45.9. The highest BCUT2D eigenvalue weighted by Gasteiger charge is 2.45. The van der Waals surface area contributed by atoms with Gasteiger partial charge < -0.3 is 9.64 Å². The van der Waals surface area contributed by atoms with Gasteiger partial charge in [-0.1, -0.05) is 54.6 Å². The van der Waals surface area contributed by atoms with Crippen molar-refractivity contribution in [2.24, 2.45) is 0 Å². The highest BCUT2D eigenvalue weighted by atomic mass is 32.2. The lowest BCUT2D eigenvalue weighted by Crippen LogP contribution is -2.58. The van der Waals surface area contributed by atoms with E-state index in [2.05, 4.69) is 10.8 Å². The van der Waals surface area contributed by atoms with Gasteiger partial charge >= 0.3 is 6.09 Å². The van der Waals surface area contributed by atoms with Crippen LogP contribution in [-0.4, -0.2) is 56.6 Å². The minimum absolute atomic E-state index is 0.247. The zero-order chi connectivity index (χ0) is 22.8. The summed E-state index contributed by atoms with van der Waals surface area (Å²) in [6, 6.07) is 17.1. The van der Waals surface area contributed by atoms with E-state index in [0.29, 0.717) is 38.6 Å². The molecule has 2 aliphatic rings. The molecule has 1 aliphatic carbocycles. The summed E-state index contributed by atoms with van der Waals surface area (Å²) in [5.74, 6) is 0. The SMILES string of the molecule is CS(=O)(=O)NC1CCCN(C(=O)OCC2(F)CC2)C1Cc1cccc(-c2ccccc2)c1. The van der Waals surface area contributed by atoms with E-state index in [0.717, 1.165) is 22.9 Å². The van der Waals surface area contributed by atoms with Crippen LogP contribution < -0.4 is 4.72 Å². The molecule has 0 bridgehead atoms. The molecule has 2 fully saturated rings. The van der Waals surface area contributed by atoms with Crippen LogP contribution in [0, 0.1) is 0 Å². The van der Waals surface area contributed by atoms with Gasteiger partial charge in [-0.15, -0.1) is 0 Å². The maximum atomic E-state index is 14.0. The van der Waals surface area contributed by atoms with Crippen LogP contribution in [0.15, 0.2) is 54.6 Å². The lowest BCUT2D eigenvalue weighted by Gasteiger charge is -2.40. The van der Waals surface area contributed by atoms with E-state index in [-0.39, 0.29) is 6.61 Å². The Bertz CT molecular complexity index is 1060. The van der Waals surface area contributed by atoms with E-state index in [4.69, 9.17) is 4.74 Å². The number of halogens is 1. The number of rotatable bonds is 7. The lowest BCUT2D eigenvalue weighted by atomic mass is 9.90. The van der Waals surface area contributed by atoms with Crippen molar-refractivity contribution in [1.82, 2.24) is 9.62 Å². The molecule has 1 saturated carbocycles. The number of sulfonamides is 1. The fraction of sp³-hybridized carbons (Fsp3) is 0.458. The van der Waals surface area contributed by atoms with E-state index in [1.54, 1.807) is 4.90 Å². The normalized spacial score (nSPS) is 22.4. The molecule has 8 heteroatoms. The van der Waals surface area contributed by atoms with Crippen molar-refractivity contribution in [3.05, 3.63) is 60.2 Å². The largest absolute Gasteiger partial charge is 0.446 e. The van der Waals surface area contributed by atoms with Crippen LogP contribution in [0.4, 0.5) is 9.18 Å². The molecule has 172 valence electrons. The van der Waals surface area contributed by atoms with Gasteiger partial charge in [0.05, 0.1) is 12.3 Å². The fourth-order valence-electron chi connectivity index (χ4n) is 4.25. The summed E-state index contributed by atoms with van der Waals surface area (Å²) in [6.45, 7) is 0.200. The third-order valence-corrected chi connectivity index (χ3v) is 6.84. The van der Waals surface area contributed by atoms with Gasteiger partial charge in [-0.3, -0.25) is 0 Å². The second-order valence-electron chi connectivity index (χ2n) is 8.88. The molecule has 1 aliphatic heterocycles. The zero-order valence-electron chi connectivity index (χ0n) is 18.2. The van der Waals surface area contributed by atoms with Gasteiger partial charge in [-0.05, 0) is 48.8 Å². The van der Waals surface area contributed by atoms with Crippen LogP contribution in [0.2, 0.25) is 0 Å². The Morgan fingerprint density at radius 3 is 2.56 bits per heavy atom. The molecule has 1 N–H and O–H groups in total. The molecule has 0 aromatic heterocycles.